The fourth-order valence-electron chi connectivity index (χ4n) is 3.62. The summed E-state index contributed by atoms with van der Waals surface area (Å²) in [6.07, 6.45) is 6.58. The zero-order valence-corrected chi connectivity index (χ0v) is 14.9. The molecule has 0 N–H and O–H groups in total. The van der Waals surface area contributed by atoms with Crippen LogP contribution in [0.4, 0.5) is 0 Å². The predicted octanol–water partition coefficient (Wildman–Crippen LogP) is 4.88. The minimum Gasteiger partial charge on any atom is -0.348 e. The number of thioether (sulfide) groups is 2. The number of nitrogens with zero attached hydrogens (tertiary/aromatic N) is 1. The van der Waals surface area contributed by atoms with E-state index in [0.29, 0.717) is 11.4 Å². The van der Waals surface area contributed by atoms with Crippen molar-refractivity contribution in [3.63, 3.8) is 0 Å². The van der Waals surface area contributed by atoms with E-state index in [1.807, 2.05) is 11.8 Å². The lowest BCUT2D eigenvalue weighted by atomic mass is 9.97. The molecule has 3 atom stereocenters. The summed E-state index contributed by atoms with van der Waals surface area (Å²) < 4.78 is 6.41. The molecule has 0 amide bonds. The maximum absolute atomic E-state index is 6.61. The molecule has 4 heteroatoms. The number of hydrogen-bond donors (Lipinski definition) is 0. The second kappa shape index (κ2) is 5.57. The number of hydrogen-bond acceptors (Lipinski definition) is 4. The Morgan fingerprint density at radius 3 is 2.73 bits per heavy atom. The first-order valence-corrected chi connectivity index (χ1v) is 9.95. The highest BCUT2D eigenvalue weighted by Crippen LogP contribution is 2.62. The lowest BCUT2D eigenvalue weighted by molar-refractivity contribution is -0.00575. The Kier molecular flexibility index (Phi) is 3.82. The molecular formula is C18H23NOS2. The third kappa shape index (κ3) is 2.53. The third-order valence-corrected chi connectivity index (χ3v) is 8.48. The summed E-state index contributed by atoms with van der Waals surface area (Å²) in [7, 11) is 0. The van der Waals surface area contributed by atoms with Gasteiger partial charge in [0, 0.05) is 11.7 Å². The summed E-state index contributed by atoms with van der Waals surface area (Å²) in [5.41, 5.74) is 1.19. The Hall–Kier alpha value is -0.450. The van der Waals surface area contributed by atoms with Crippen LogP contribution in [-0.4, -0.2) is 26.2 Å². The molecule has 2 fully saturated rings. The Labute approximate surface area is 141 Å². The van der Waals surface area contributed by atoms with Gasteiger partial charge in [0.05, 0.1) is 11.1 Å². The zero-order valence-electron chi connectivity index (χ0n) is 13.2. The van der Waals surface area contributed by atoms with Crippen LogP contribution >= 0.6 is 23.5 Å². The van der Waals surface area contributed by atoms with Crippen molar-refractivity contribution >= 4 is 28.6 Å². The molecule has 2 nitrogen and oxygen atoms in total. The Morgan fingerprint density at radius 2 is 1.95 bits per heavy atom. The highest BCUT2D eigenvalue weighted by molar-refractivity contribution is 8.26. The van der Waals surface area contributed by atoms with Crippen LogP contribution in [0.5, 0.6) is 0 Å². The van der Waals surface area contributed by atoms with E-state index < -0.39 is 0 Å². The van der Waals surface area contributed by atoms with Crippen LogP contribution in [-0.2, 0) is 11.2 Å². The zero-order chi connectivity index (χ0) is 15.2. The van der Waals surface area contributed by atoms with E-state index in [0.717, 1.165) is 6.42 Å². The van der Waals surface area contributed by atoms with E-state index in [-0.39, 0.29) is 9.80 Å². The molecule has 0 bridgehead atoms. The molecule has 4 rings (SSSR count). The molecule has 118 valence electrons. The number of rotatable bonds is 2. The smallest absolute Gasteiger partial charge is 0.191 e. The summed E-state index contributed by atoms with van der Waals surface area (Å²) in [5.74, 6) is 0. The van der Waals surface area contributed by atoms with Gasteiger partial charge in [0.2, 0.25) is 0 Å². The average molecular weight is 334 g/mol. The number of aliphatic imine (C=N–C) groups is 1. The highest BCUT2D eigenvalue weighted by atomic mass is 32.2. The molecular weight excluding hydrogens is 310 g/mol. The first kappa shape index (κ1) is 15.1. The van der Waals surface area contributed by atoms with Crippen LogP contribution in [0.1, 0.15) is 45.1 Å². The van der Waals surface area contributed by atoms with Crippen LogP contribution in [0, 0.1) is 0 Å². The van der Waals surface area contributed by atoms with Crippen LogP contribution < -0.4 is 0 Å². The lowest BCUT2D eigenvalue weighted by Gasteiger charge is -2.33. The summed E-state index contributed by atoms with van der Waals surface area (Å²) >= 11 is 3.93. The van der Waals surface area contributed by atoms with Gasteiger partial charge < -0.3 is 4.74 Å². The van der Waals surface area contributed by atoms with Crippen LogP contribution in [0.25, 0.3) is 0 Å². The van der Waals surface area contributed by atoms with Gasteiger partial charge in [-0.05, 0) is 32.3 Å². The van der Waals surface area contributed by atoms with Crippen molar-refractivity contribution in [3.05, 3.63) is 35.9 Å². The van der Waals surface area contributed by atoms with Gasteiger partial charge in [0.1, 0.15) is 5.54 Å². The minimum absolute atomic E-state index is 0.149. The van der Waals surface area contributed by atoms with Gasteiger partial charge in [-0.2, -0.15) is 0 Å². The SMILES string of the molecule is CC1(C)N=C(Cc2ccccc2)S[C@@]12O[C@H]1CCCC[C@@H]1S2. The summed E-state index contributed by atoms with van der Waals surface area (Å²) in [5, 5.41) is 1.90. The van der Waals surface area contributed by atoms with Crippen molar-refractivity contribution in [2.24, 2.45) is 4.99 Å². The molecule has 22 heavy (non-hydrogen) atoms. The minimum atomic E-state index is -0.198. The average Bonchev–Trinajstić information content (AvgIpc) is 2.97. The summed E-state index contributed by atoms with van der Waals surface area (Å²) in [4.78, 5) is 5.04. The van der Waals surface area contributed by atoms with Crippen molar-refractivity contribution in [3.8, 4) is 0 Å². The first-order chi connectivity index (χ1) is 10.6. The van der Waals surface area contributed by atoms with Gasteiger partial charge >= 0.3 is 0 Å². The fraction of sp³-hybridized carbons (Fsp3) is 0.611. The van der Waals surface area contributed by atoms with Gasteiger partial charge in [-0.3, -0.25) is 4.99 Å². The molecule has 0 radical (unpaired) electrons. The normalized spacial score (nSPS) is 36.4. The molecule has 3 aliphatic rings. The summed E-state index contributed by atoms with van der Waals surface area (Å²) in [6, 6.07) is 10.6. The highest BCUT2D eigenvalue weighted by Gasteiger charge is 2.60. The first-order valence-electron chi connectivity index (χ1n) is 8.25. The quantitative estimate of drug-likeness (QED) is 0.770. The number of ether oxygens (including phenoxy) is 1. The molecule has 1 aromatic carbocycles. The molecule has 1 saturated carbocycles. The molecule has 2 aliphatic heterocycles. The number of benzene rings is 1. The molecule has 1 spiro atoms. The van der Waals surface area contributed by atoms with Crippen molar-refractivity contribution < 1.29 is 4.74 Å². The molecule has 1 saturated heterocycles. The second-order valence-corrected chi connectivity index (χ2v) is 9.91. The summed E-state index contributed by atoms with van der Waals surface area (Å²) in [6.45, 7) is 4.48. The van der Waals surface area contributed by atoms with E-state index in [9.17, 15) is 0 Å². The second-order valence-electron chi connectivity index (χ2n) is 6.98. The van der Waals surface area contributed by atoms with Crippen molar-refractivity contribution in [1.82, 2.24) is 0 Å². The van der Waals surface area contributed by atoms with Gasteiger partial charge in [0.15, 0.2) is 4.27 Å². The van der Waals surface area contributed by atoms with Crippen molar-refractivity contribution in [2.45, 2.75) is 67.1 Å². The molecule has 0 unspecified atom stereocenters. The monoisotopic (exact) mass is 333 g/mol. The standard InChI is InChI=1S/C18H23NOS2/c1-17(2)18(20-14-10-6-7-11-15(14)21-18)22-16(19-17)12-13-8-4-3-5-9-13/h3-5,8-9,14-15H,6-7,10-12H2,1-2H3/t14-,15-,18+/m0/s1. The Bertz CT molecular complexity index is 570. The number of fused-ring (bicyclic) bond motifs is 1. The van der Waals surface area contributed by atoms with Crippen molar-refractivity contribution in [2.75, 3.05) is 0 Å². The Balaban J connectivity index is 1.54. The lowest BCUT2D eigenvalue weighted by Crippen LogP contribution is -2.40. The van der Waals surface area contributed by atoms with Gasteiger partial charge in [-0.15, -0.1) is 11.8 Å². The largest absolute Gasteiger partial charge is 0.348 e. The van der Waals surface area contributed by atoms with E-state index >= 15 is 0 Å². The Morgan fingerprint density at radius 1 is 1.18 bits per heavy atom. The third-order valence-electron chi connectivity index (χ3n) is 4.86. The van der Waals surface area contributed by atoms with Gasteiger partial charge in [-0.1, -0.05) is 54.9 Å². The predicted molar refractivity (Wildman–Crippen MR) is 96.7 cm³/mol. The van der Waals surface area contributed by atoms with E-state index in [2.05, 4.69) is 55.9 Å². The van der Waals surface area contributed by atoms with Gasteiger partial charge in [-0.25, -0.2) is 0 Å². The van der Waals surface area contributed by atoms with Gasteiger partial charge in [0.25, 0.3) is 0 Å². The van der Waals surface area contributed by atoms with Crippen molar-refractivity contribution in [1.29, 1.82) is 0 Å². The van der Waals surface area contributed by atoms with E-state index in [4.69, 9.17) is 9.73 Å². The maximum atomic E-state index is 6.61. The molecule has 1 aromatic rings. The molecule has 1 aliphatic carbocycles. The van der Waals surface area contributed by atoms with E-state index in [1.54, 1.807) is 0 Å². The molecule has 0 aromatic heterocycles. The fourth-order valence-corrected chi connectivity index (χ4v) is 7.31. The van der Waals surface area contributed by atoms with Crippen LogP contribution in [0.15, 0.2) is 35.3 Å². The van der Waals surface area contributed by atoms with Crippen LogP contribution in [0.2, 0.25) is 0 Å². The maximum Gasteiger partial charge on any atom is 0.191 e. The topological polar surface area (TPSA) is 21.6 Å². The van der Waals surface area contributed by atoms with E-state index in [1.165, 1.54) is 36.3 Å². The van der Waals surface area contributed by atoms with Crippen LogP contribution in [0.3, 0.4) is 0 Å². The molecule has 2 heterocycles.